The molecule has 0 fully saturated rings. The molecule has 1 heterocycles. The number of rotatable bonds is 9. The number of carbonyl (C=O) groups is 1. The Hall–Kier alpha value is -4.50. The summed E-state index contributed by atoms with van der Waals surface area (Å²) in [7, 11) is -2.02. The first kappa shape index (κ1) is 27.5. The average molecular weight is 618 g/mol. The lowest BCUT2D eigenvalue weighted by molar-refractivity contribution is -0.387. The smallest absolute Gasteiger partial charge is 0.289 e. The highest BCUT2D eigenvalue weighted by Crippen LogP contribution is 2.38. The highest BCUT2D eigenvalue weighted by Gasteiger charge is 2.34. The van der Waals surface area contributed by atoms with Gasteiger partial charge < -0.3 is 19.6 Å². The Morgan fingerprint density at radius 3 is 2.56 bits per heavy atom. The average Bonchev–Trinajstić information content (AvgIpc) is 3.23. The first-order chi connectivity index (χ1) is 18.6. The zero-order chi connectivity index (χ0) is 28.3. The summed E-state index contributed by atoms with van der Waals surface area (Å²) in [5.74, 6) is -1.02. The van der Waals surface area contributed by atoms with Crippen LogP contribution in [0.25, 0.3) is 10.9 Å². The summed E-state index contributed by atoms with van der Waals surface area (Å²) in [6.45, 7) is -0.895. The topological polar surface area (TPSA) is 177 Å². The van der Waals surface area contributed by atoms with Crippen LogP contribution in [0.1, 0.15) is 0 Å². The van der Waals surface area contributed by atoms with Gasteiger partial charge in [0.15, 0.2) is 10.6 Å². The number of H-pyrrole nitrogens is 1. The fourth-order valence-electron chi connectivity index (χ4n) is 3.73. The molecule has 4 rings (SSSR count). The van der Waals surface area contributed by atoms with Crippen LogP contribution in [0.2, 0.25) is 0 Å². The number of nitrogens with one attached hydrogen (secondary N) is 1. The Morgan fingerprint density at radius 1 is 1.13 bits per heavy atom. The number of halogens is 1. The number of aromatic nitrogens is 1. The summed E-state index contributed by atoms with van der Waals surface area (Å²) < 4.78 is 39.4. The van der Waals surface area contributed by atoms with Gasteiger partial charge in [-0.25, -0.2) is 8.42 Å². The van der Waals surface area contributed by atoms with Crippen LogP contribution in [0.15, 0.2) is 80.3 Å². The van der Waals surface area contributed by atoms with E-state index >= 15 is 0 Å². The number of benzene rings is 3. The van der Waals surface area contributed by atoms with E-state index in [0.717, 1.165) is 12.1 Å². The minimum Gasteiger partial charge on any atom is -0.497 e. The number of nitro benzene ring substituents is 1. The molecule has 2 N–H and O–H groups in total. The van der Waals surface area contributed by atoms with Crippen molar-refractivity contribution >= 4 is 59.8 Å². The molecule has 0 unspecified atom stereocenters. The molecule has 0 aliphatic heterocycles. The predicted molar refractivity (Wildman–Crippen MR) is 144 cm³/mol. The fourth-order valence-corrected chi connectivity index (χ4v) is 5.68. The number of para-hydroxylation sites is 1. The van der Waals surface area contributed by atoms with Crippen LogP contribution in [-0.2, 0) is 14.8 Å². The van der Waals surface area contributed by atoms with Crippen molar-refractivity contribution in [1.82, 2.24) is 4.98 Å². The third kappa shape index (κ3) is 5.53. The SMILES string of the molecule is COc1ccc(N(CC(=O)N=Nc2c(O)[nH]c3ccc(Br)cc23)S(=O)(=O)c2ccccc2[N+](=O)[O-])c(OC)c1. The highest BCUT2D eigenvalue weighted by molar-refractivity contribution is 9.10. The molecular weight excluding hydrogens is 598 g/mol. The van der Waals surface area contributed by atoms with E-state index < -0.39 is 38.0 Å². The molecule has 1 amide bonds. The summed E-state index contributed by atoms with van der Waals surface area (Å²) in [6, 6.07) is 14.0. The molecule has 0 aliphatic carbocycles. The molecule has 0 atom stereocenters. The Bertz CT molecular complexity index is 1720. The van der Waals surface area contributed by atoms with Crippen LogP contribution in [0.5, 0.6) is 17.4 Å². The maximum Gasteiger partial charge on any atom is 0.289 e. The summed E-state index contributed by atoms with van der Waals surface area (Å²) in [6.07, 6.45) is 0. The minimum atomic E-state index is -4.71. The second-order valence-corrected chi connectivity index (χ2v) is 10.6. The standard InChI is InChI=1S/C24H20BrN5O8S/c1-37-15-8-10-18(20(12-15)38-2)29(39(35,36)21-6-4-3-5-19(21)30(33)34)13-22(31)27-28-23-16-11-14(25)7-9-17(16)26-24(23)32/h3-12,26,32H,13H2,1-2H3. The molecule has 0 spiro atoms. The molecule has 4 aromatic rings. The van der Waals surface area contributed by atoms with Crippen LogP contribution in [0.4, 0.5) is 17.1 Å². The van der Waals surface area contributed by atoms with Crippen LogP contribution in [0, 0.1) is 10.1 Å². The second kappa shape index (κ2) is 11.1. The van der Waals surface area contributed by atoms with Crippen LogP contribution < -0.4 is 13.8 Å². The third-order valence-electron chi connectivity index (χ3n) is 5.54. The Labute approximate surface area is 230 Å². The number of aromatic hydroxyl groups is 1. The van der Waals surface area contributed by atoms with Gasteiger partial charge in [0.25, 0.3) is 21.6 Å². The number of ether oxygens (including phenoxy) is 2. The van der Waals surface area contributed by atoms with E-state index in [4.69, 9.17) is 9.47 Å². The summed E-state index contributed by atoms with van der Waals surface area (Å²) >= 11 is 3.32. The van der Waals surface area contributed by atoms with Gasteiger partial charge in [-0.1, -0.05) is 28.1 Å². The van der Waals surface area contributed by atoms with Gasteiger partial charge in [-0.15, -0.1) is 10.2 Å². The monoisotopic (exact) mass is 617 g/mol. The molecule has 202 valence electrons. The van der Waals surface area contributed by atoms with Crippen LogP contribution in [-0.4, -0.2) is 50.1 Å². The number of aromatic amines is 1. The zero-order valence-electron chi connectivity index (χ0n) is 20.4. The number of carbonyl (C=O) groups excluding carboxylic acids is 1. The Morgan fingerprint density at radius 2 is 1.87 bits per heavy atom. The van der Waals surface area contributed by atoms with Gasteiger partial charge in [0.2, 0.25) is 5.88 Å². The van der Waals surface area contributed by atoms with Crippen LogP contribution >= 0.6 is 15.9 Å². The lowest BCUT2D eigenvalue weighted by Gasteiger charge is -2.24. The van der Waals surface area contributed by atoms with Crippen molar-refractivity contribution < 1.29 is 32.7 Å². The van der Waals surface area contributed by atoms with Gasteiger partial charge in [0, 0.05) is 22.0 Å². The molecule has 15 heteroatoms. The summed E-state index contributed by atoms with van der Waals surface area (Å²) in [5, 5.41) is 29.8. The first-order valence-electron chi connectivity index (χ1n) is 11.0. The number of sulfonamides is 1. The predicted octanol–water partition coefficient (Wildman–Crippen LogP) is 5.07. The molecule has 0 radical (unpaired) electrons. The number of azo groups is 1. The lowest BCUT2D eigenvalue weighted by Crippen LogP contribution is -2.36. The number of fused-ring (bicyclic) bond motifs is 1. The molecule has 0 saturated carbocycles. The molecule has 13 nitrogen and oxygen atoms in total. The van der Waals surface area contributed by atoms with Gasteiger partial charge >= 0.3 is 0 Å². The van der Waals surface area contributed by atoms with Crippen LogP contribution in [0.3, 0.4) is 0 Å². The van der Waals surface area contributed by atoms with Gasteiger partial charge in [-0.2, -0.15) is 0 Å². The van der Waals surface area contributed by atoms with E-state index in [1.165, 1.54) is 44.6 Å². The first-order valence-corrected chi connectivity index (χ1v) is 13.2. The maximum atomic E-state index is 13.8. The van der Waals surface area contributed by atoms with Gasteiger partial charge in [0.05, 0.1) is 30.3 Å². The number of hydrogen-bond acceptors (Lipinski definition) is 9. The minimum absolute atomic E-state index is 0.0142. The second-order valence-electron chi connectivity index (χ2n) is 7.88. The molecule has 3 aromatic carbocycles. The lowest BCUT2D eigenvalue weighted by atomic mass is 10.2. The number of amides is 1. The molecular formula is C24H20BrN5O8S. The number of methoxy groups -OCH3 is 2. The fraction of sp³-hybridized carbons (Fsp3) is 0.125. The van der Waals surface area contributed by atoms with Crippen molar-refractivity contribution in [3.8, 4) is 17.4 Å². The summed E-state index contributed by atoms with van der Waals surface area (Å²) in [5.41, 5.74) is -0.285. The van der Waals surface area contributed by atoms with Gasteiger partial charge in [0.1, 0.15) is 18.0 Å². The number of hydrogen-bond donors (Lipinski definition) is 2. The van der Waals surface area contributed by atoms with Gasteiger partial charge in [-0.05, 0) is 36.4 Å². The van der Waals surface area contributed by atoms with Crippen molar-refractivity contribution in [3.05, 3.63) is 75.3 Å². The molecule has 1 aromatic heterocycles. The molecule has 0 saturated heterocycles. The van der Waals surface area contributed by atoms with E-state index in [0.29, 0.717) is 25.4 Å². The molecule has 0 bridgehead atoms. The largest absolute Gasteiger partial charge is 0.497 e. The quantitative estimate of drug-likeness (QED) is 0.148. The van der Waals surface area contributed by atoms with E-state index in [1.54, 1.807) is 18.2 Å². The summed E-state index contributed by atoms with van der Waals surface area (Å²) in [4.78, 5) is 25.8. The van der Waals surface area contributed by atoms with Crippen molar-refractivity contribution in [2.45, 2.75) is 4.90 Å². The number of anilines is 1. The van der Waals surface area contributed by atoms with E-state index in [-0.39, 0.29) is 23.0 Å². The molecule has 0 aliphatic rings. The molecule has 39 heavy (non-hydrogen) atoms. The third-order valence-corrected chi connectivity index (χ3v) is 7.84. The van der Waals surface area contributed by atoms with E-state index in [1.807, 2.05) is 0 Å². The number of nitro groups is 1. The van der Waals surface area contributed by atoms with Crippen molar-refractivity contribution in [2.24, 2.45) is 10.2 Å². The highest BCUT2D eigenvalue weighted by atomic mass is 79.9. The zero-order valence-corrected chi connectivity index (χ0v) is 22.8. The van der Waals surface area contributed by atoms with E-state index in [9.17, 15) is 28.4 Å². The van der Waals surface area contributed by atoms with Crippen molar-refractivity contribution in [3.63, 3.8) is 0 Å². The van der Waals surface area contributed by atoms with Crippen molar-refractivity contribution in [2.75, 3.05) is 25.1 Å². The normalized spacial score (nSPS) is 11.6. The van der Waals surface area contributed by atoms with Gasteiger partial charge in [-0.3, -0.25) is 19.2 Å². The maximum absolute atomic E-state index is 13.8. The Kier molecular flexibility index (Phi) is 7.83. The van der Waals surface area contributed by atoms with Crippen molar-refractivity contribution in [1.29, 1.82) is 0 Å². The Balaban J connectivity index is 1.79. The number of nitrogens with zero attached hydrogens (tertiary/aromatic N) is 4. The van der Waals surface area contributed by atoms with E-state index in [2.05, 4.69) is 31.1 Å².